The summed E-state index contributed by atoms with van der Waals surface area (Å²) in [5.41, 5.74) is 2.05. The Bertz CT molecular complexity index is 795. The van der Waals surface area contributed by atoms with Crippen LogP contribution in [0.1, 0.15) is 11.1 Å². The molecule has 1 amide bonds. The van der Waals surface area contributed by atoms with E-state index in [4.69, 9.17) is 4.74 Å². The topological polar surface area (TPSA) is 68.6 Å². The number of carbonyl (C=O) groups is 2. The number of hydrogen-bond donors (Lipinski definition) is 0. The number of methoxy groups -OCH3 is 1. The van der Waals surface area contributed by atoms with Crippen molar-refractivity contribution in [1.82, 2.24) is 9.47 Å². The largest absolute Gasteiger partial charge is 0.467 e. The Labute approximate surface area is 136 Å². The Morgan fingerprint density at radius 3 is 2.70 bits per heavy atom. The highest BCUT2D eigenvalue weighted by Crippen LogP contribution is 2.24. The fraction of sp³-hybridized carbons (Fsp3) is 0.312. The Kier molecular flexibility index (Phi) is 4.29. The molecule has 1 aliphatic heterocycles. The summed E-state index contributed by atoms with van der Waals surface area (Å²) >= 11 is 1.04. The van der Waals surface area contributed by atoms with E-state index < -0.39 is 12.0 Å². The van der Waals surface area contributed by atoms with Gasteiger partial charge in [-0.2, -0.15) is 0 Å². The molecule has 3 rings (SSSR count). The van der Waals surface area contributed by atoms with E-state index in [1.165, 1.54) is 16.6 Å². The summed E-state index contributed by atoms with van der Waals surface area (Å²) in [6.45, 7) is 0.269. The lowest BCUT2D eigenvalue weighted by atomic mass is 9.94. The first-order valence-electron chi connectivity index (χ1n) is 7.18. The van der Waals surface area contributed by atoms with Crippen molar-refractivity contribution in [3.63, 3.8) is 0 Å². The number of nitrogens with zero attached hydrogens (tertiary/aromatic N) is 2. The molecule has 1 aromatic heterocycles. The van der Waals surface area contributed by atoms with Crippen molar-refractivity contribution in [3.05, 3.63) is 56.6 Å². The molecule has 1 atom stereocenters. The van der Waals surface area contributed by atoms with Crippen LogP contribution in [0.3, 0.4) is 0 Å². The molecule has 0 fully saturated rings. The van der Waals surface area contributed by atoms with E-state index >= 15 is 0 Å². The summed E-state index contributed by atoms with van der Waals surface area (Å²) in [5.74, 6) is -0.707. The van der Waals surface area contributed by atoms with Crippen LogP contribution in [-0.4, -0.2) is 34.5 Å². The Hall–Kier alpha value is -2.41. The number of carbonyl (C=O) groups excluding carboxylic acids is 2. The van der Waals surface area contributed by atoms with Crippen LogP contribution in [0.2, 0.25) is 0 Å². The van der Waals surface area contributed by atoms with Crippen LogP contribution in [-0.2, 0) is 33.8 Å². The number of hydrogen-bond acceptors (Lipinski definition) is 5. The molecule has 0 radical (unpaired) electrons. The molecule has 0 N–H and O–H groups in total. The zero-order valence-corrected chi connectivity index (χ0v) is 13.4. The van der Waals surface area contributed by atoms with Crippen molar-refractivity contribution in [2.45, 2.75) is 25.6 Å². The number of aromatic nitrogens is 1. The van der Waals surface area contributed by atoms with Crippen molar-refractivity contribution in [2.24, 2.45) is 0 Å². The maximum absolute atomic E-state index is 12.6. The van der Waals surface area contributed by atoms with Crippen molar-refractivity contribution < 1.29 is 14.3 Å². The molecule has 1 aliphatic rings. The van der Waals surface area contributed by atoms with E-state index in [2.05, 4.69) is 0 Å². The number of rotatable bonds is 3. The molecular weight excluding hydrogens is 316 g/mol. The number of benzene rings is 1. The molecule has 23 heavy (non-hydrogen) atoms. The third-order valence-electron chi connectivity index (χ3n) is 3.99. The van der Waals surface area contributed by atoms with Gasteiger partial charge in [0.1, 0.15) is 12.6 Å². The average Bonchev–Trinajstić information content (AvgIpc) is 2.97. The maximum atomic E-state index is 12.6. The summed E-state index contributed by atoms with van der Waals surface area (Å²) in [5, 5.41) is 1.64. The second kappa shape index (κ2) is 6.37. The van der Waals surface area contributed by atoms with E-state index in [-0.39, 0.29) is 17.3 Å². The molecule has 7 heteroatoms. The van der Waals surface area contributed by atoms with Gasteiger partial charge in [0.05, 0.1) is 7.11 Å². The highest BCUT2D eigenvalue weighted by atomic mass is 32.1. The molecule has 2 heterocycles. The lowest BCUT2D eigenvalue weighted by molar-refractivity contribution is -0.154. The molecule has 0 saturated carbocycles. The predicted molar refractivity (Wildman–Crippen MR) is 85.1 cm³/mol. The Morgan fingerprint density at radius 2 is 2.04 bits per heavy atom. The summed E-state index contributed by atoms with van der Waals surface area (Å²) in [6.07, 6.45) is 2.00. The van der Waals surface area contributed by atoms with Gasteiger partial charge in [-0.3, -0.25) is 14.2 Å². The first-order chi connectivity index (χ1) is 11.1. The van der Waals surface area contributed by atoms with E-state index in [0.717, 1.165) is 22.5 Å². The Morgan fingerprint density at radius 1 is 1.30 bits per heavy atom. The third kappa shape index (κ3) is 3.05. The van der Waals surface area contributed by atoms with Crippen molar-refractivity contribution in [1.29, 1.82) is 0 Å². The highest BCUT2D eigenvalue weighted by molar-refractivity contribution is 7.07. The summed E-state index contributed by atoms with van der Waals surface area (Å²) in [7, 11) is 1.31. The van der Waals surface area contributed by atoms with Crippen LogP contribution in [0, 0.1) is 0 Å². The molecule has 0 unspecified atom stereocenters. The quantitative estimate of drug-likeness (QED) is 0.788. The minimum Gasteiger partial charge on any atom is -0.467 e. The SMILES string of the molecule is COC(=O)[C@H]1Cc2ccccc2CN1C(=O)Cn1ccsc1=O. The Balaban J connectivity index is 1.88. The zero-order chi connectivity index (χ0) is 16.4. The summed E-state index contributed by atoms with van der Waals surface area (Å²) in [6, 6.07) is 7.06. The average molecular weight is 332 g/mol. The zero-order valence-electron chi connectivity index (χ0n) is 12.6. The van der Waals surface area contributed by atoms with Gasteiger partial charge in [0.2, 0.25) is 5.91 Å². The fourth-order valence-electron chi connectivity index (χ4n) is 2.78. The second-order valence-electron chi connectivity index (χ2n) is 5.33. The van der Waals surface area contributed by atoms with Gasteiger partial charge in [0, 0.05) is 24.5 Å². The van der Waals surface area contributed by atoms with E-state index in [1.807, 2.05) is 24.3 Å². The number of fused-ring (bicyclic) bond motifs is 1. The normalized spacial score (nSPS) is 16.7. The third-order valence-corrected chi connectivity index (χ3v) is 4.69. The maximum Gasteiger partial charge on any atom is 0.328 e. The second-order valence-corrected chi connectivity index (χ2v) is 6.19. The van der Waals surface area contributed by atoms with E-state index in [0.29, 0.717) is 13.0 Å². The molecule has 0 aliphatic carbocycles. The van der Waals surface area contributed by atoms with Gasteiger partial charge in [-0.15, -0.1) is 0 Å². The summed E-state index contributed by atoms with van der Waals surface area (Å²) < 4.78 is 6.19. The number of esters is 1. The van der Waals surface area contributed by atoms with E-state index in [1.54, 1.807) is 11.6 Å². The van der Waals surface area contributed by atoms with Gasteiger partial charge in [0.15, 0.2) is 0 Å². The number of thiazole rings is 1. The van der Waals surface area contributed by atoms with Crippen LogP contribution in [0.25, 0.3) is 0 Å². The van der Waals surface area contributed by atoms with Crippen LogP contribution < -0.4 is 4.87 Å². The first kappa shape index (κ1) is 15.5. The summed E-state index contributed by atoms with van der Waals surface area (Å²) in [4.78, 5) is 37.6. The van der Waals surface area contributed by atoms with Gasteiger partial charge < -0.3 is 9.64 Å². The molecule has 0 bridgehead atoms. The highest BCUT2D eigenvalue weighted by Gasteiger charge is 2.35. The van der Waals surface area contributed by atoms with Gasteiger partial charge in [-0.1, -0.05) is 35.6 Å². The monoisotopic (exact) mass is 332 g/mol. The van der Waals surface area contributed by atoms with Gasteiger partial charge in [-0.25, -0.2) is 4.79 Å². The minimum atomic E-state index is -0.656. The van der Waals surface area contributed by atoms with Crippen molar-refractivity contribution >= 4 is 23.2 Å². The van der Waals surface area contributed by atoms with Gasteiger partial charge >= 0.3 is 10.8 Å². The molecule has 2 aromatic rings. The van der Waals surface area contributed by atoms with Crippen molar-refractivity contribution in [2.75, 3.05) is 7.11 Å². The van der Waals surface area contributed by atoms with Gasteiger partial charge in [0.25, 0.3) is 0 Å². The molecule has 1 aromatic carbocycles. The van der Waals surface area contributed by atoms with Crippen LogP contribution in [0.15, 0.2) is 40.6 Å². The molecule has 0 spiro atoms. The van der Waals surface area contributed by atoms with Gasteiger partial charge in [-0.05, 0) is 11.1 Å². The predicted octanol–water partition coefficient (Wildman–Crippen LogP) is 1.04. The minimum absolute atomic E-state index is 0.0714. The fourth-order valence-corrected chi connectivity index (χ4v) is 3.36. The van der Waals surface area contributed by atoms with E-state index in [9.17, 15) is 14.4 Å². The molecule has 6 nitrogen and oxygen atoms in total. The number of ether oxygens (including phenoxy) is 1. The molecule has 0 saturated heterocycles. The standard InChI is InChI=1S/C16H16N2O4S/c1-22-15(20)13-8-11-4-2-3-5-12(11)9-18(13)14(19)10-17-6-7-23-16(17)21/h2-7,13H,8-10H2,1H3/t13-/m1/s1. The first-order valence-corrected chi connectivity index (χ1v) is 8.06. The smallest absolute Gasteiger partial charge is 0.328 e. The lowest BCUT2D eigenvalue weighted by Crippen LogP contribution is -2.50. The van der Waals surface area contributed by atoms with Crippen LogP contribution >= 0.6 is 11.3 Å². The lowest BCUT2D eigenvalue weighted by Gasteiger charge is -2.35. The molecular formula is C16H16N2O4S. The molecule has 120 valence electrons. The van der Waals surface area contributed by atoms with Crippen LogP contribution in [0.5, 0.6) is 0 Å². The van der Waals surface area contributed by atoms with Crippen molar-refractivity contribution in [3.8, 4) is 0 Å². The van der Waals surface area contributed by atoms with Crippen LogP contribution in [0.4, 0.5) is 0 Å². The number of amides is 1.